The van der Waals surface area contributed by atoms with E-state index in [0.717, 1.165) is 44.5 Å². The summed E-state index contributed by atoms with van der Waals surface area (Å²) in [5.41, 5.74) is 1.77. The largest absolute Gasteiger partial charge is 0.494 e. The number of nitrogens with one attached hydrogen (secondary N) is 1. The van der Waals surface area contributed by atoms with Gasteiger partial charge in [0.25, 0.3) is 5.91 Å². The van der Waals surface area contributed by atoms with Gasteiger partial charge in [0.1, 0.15) is 5.75 Å². The van der Waals surface area contributed by atoms with Gasteiger partial charge in [-0.1, -0.05) is 12.1 Å². The molecule has 2 aliphatic rings. The van der Waals surface area contributed by atoms with Crippen molar-refractivity contribution in [3.63, 3.8) is 0 Å². The second-order valence-electron chi connectivity index (χ2n) is 8.19. The van der Waals surface area contributed by atoms with Gasteiger partial charge >= 0.3 is 0 Å². The van der Waals surface area contributed by atoms with Crippen molar-refractivity contribution in [1.29, 1.82) is 0 Å². The van der Waals surface area contributed by atoms with Crippen LogP contribution >= 0.6 is 0 Å². The number of aryl methyl sites for hydroxylation is 1. The SMILES string of the molecule is CCOc1ccc(CCC2CCN(C(=O)CNC(=O)c3ccc4c(c3)OCO4)CC2)cc1. The maximum Gasteiger partial charge on any atom is 0.251 e. The highest BCUT2D eigenvalue weighted by atomic mass is 16.7. The molecule has 0 radical (unpaired) electrons. The van der Waals surface area contributed by atoms with Gasteiger partial charge in [-0.3, -0.25) is 9.59 Å². The van der Waals surface area contributed by atoms with Crippen LogP contribution in [0.5, 0.6) is 17.2 Å². The highest BCUT2D eigenvalue weighted by Gasteiger charge is 2.23. The number of ether oxygens (including phenoxy) is 3. The molecule has 0 saturated carbocycles. The van der Waals surface area contributed by atoms with E-state index in [1.165, 1.54) is 5.56 Å². The molecule has 170 valence electrons. The molecule has 7 heteroatoms. The van der Waals surface area contributed by atoms with Crippen molar-refractivity contribution < 1.29 is 23.8 Å². The number of piperidine rings is 1. The summed E-state index contributed by atoms with van der Waals surface area (Å²) in [6, 6.07) is 13.3. The normalized spacial score (nSPS) is 15.5. The van der Waals surface area contributed by atoms with Crippen molar-refractivity contribution in [2.24, 2.45) is 5.92 Å². The molecule has 1 saturated heterocycles. The number of nitrogens with zero attached hydrogens (tertiary/aromatic N) is 1. The summed E-state index contributed by atoms with van der Waals surface area (Å²) in [6.07, 6.45) is 4.16. The van der Waals surface area contributed by atoms with Crippen molar-refractivity contribution in [3.05, 3.63) is 53.6 Å². The van der Waals surface area contributed by atoms with Crippen LogP contribution in [0.1, 0.15) is 42.1 Å². The Bertz CT molecular complexity index is 936. The molecule has 4 rings (SSSR count). The van der Waals surface area contributed by atoms with Gasteiger partial charge in [0.2, 0.25) is 12.7 Å². The van der Waals surface area contributed by atoms with Crippen molar-refractivity contribution in [1.82, 2.24) is 10.2 Å². The predicted molar refractivity (Wildman–Crippen MR) is 120 cm³/mol. The Labute approximate surface area is 188 Å². The molecule has 0 aliphatic carbocycles. The Morgan fingerprint density at radius 1 is 1.06 bits per heavy atom. The first kappa shape index (κ1) is 22.0. The molecular formula is C25H30N2O5. The molecule has 2 heterocycles. The summed E-state index contributed by atoms with van der Waals surface area (Å²) in [4.78, 5) is 26.8. The molecule has 1 N–H and O–H groups in total. The number of fused-ring (bicyclic) bond motifs is 1. The molecule has 32 heavy (non-hydrogen) atoms. The molecule has 2 amide bonds. The summed E-state index contributed by atoms with van der Waals surface area (Å²) >= 11 is 0. The number of carbonyl (C=O) groups is 2. The molecule has 0 unspecified atom stereocenters. The van der Waals surface area contributed by atoms with Crippen LogP contribution in [0.25, 0.3) is 0 Å². The lowest BCUT2D eigenvalue weighted by Gasteiger charge is -2.32. The highest BCUT2D eigenvalue weighted by molar-refractivity contribution is 5.97. The zero-order valence-corrected chi connectivity index (χ0v) is 18.5. The maximum absolute atomic E-state index is 12.5. The fraction of sp³-hybridized carbons (Fsp3) is 0.440. The Morgan fingerprint density at radius 2 is 1.81 bits per heavy atom. The Kier molecular flexibility index (Phi) is 7.14. The van der Waals surface area contributed by atoms with E-state index in [0.29, 0.717) is 29.6 Å². The smallest absolute Gasteiger partial charge is 0.251 e. The average Bonchev–Trinajstić information content (AvgIpc) is 3.30. The molecule has 7 nitrogen and oxygen atoms in total. The van der Waals surface area contributed by atoms with Crippen LogP contribution in [0.4, 0.5) is 0 Å². The van der Waals surface area contributed by atoms with Crippen LogP contribution in [0.2, 0.25) is 0 Å². The summed E-state index contributed by atoms with van der Waals surface area (Å²) in [7, 11) is 0. The first-order chi connectivity index (χ1) is 15.6. The zero-order chi connectivity index (χ0) is 22.3. The lowest BCUT2D eigenvalue weighted by Crippen LogP contribution is -2.44. The number of benzene rings is 2. The van der Waals surface area contributed by atoms with E-state index in [1.807, 2.05) is 24.0 Å². The van der Waals surface area contributed by atoms with Gasteiger partial charge in [-0.2, -0.15) is 0 Å². The third kappa shape index (κ3) is 5.52. The van der Waals surface area contributed by atoms with E-state index < -0.39 is 0 Å². The molecule has 0 bridgehead atoms. The Hall–Kier alpha value is -3.22. The van der Waals surface area contributed by atoms with Gasteiger partial charge in [0.15, 0.2) is 11.5 Å². The van der Waals surface area contributed by atoms with Gasteiger partial charge < -0.3 is 24.4 Å². The first-order valence-corrected chi connectivity index (χ1v) is 11.3. The van der Waals surface area contributed by atoms with E-state index in [1.54, 1.807) is 18.2 Å². The topological polar surface area (TPSA) is 77.1 Å². The van der Waals surface area contributed by atoms with Crippen molar-refractivity contribution in [2.75, 3.05) is 33.0 Å². The molecule has 0 aromatic heterocycles. The van der Waals surface area contributed by atoms with E-state index >= 15 is 0 Å². The fourth-order valence-electron chi connectivity index (χ4n) is 4.17. The maximum atomic E-state index is 12.5. The minimum atomic E-state index is -0.290. The standard InChI is InChI=1S/C25H30N2O5/c1-2-30-21-8-5-18(6-9-21)3-4-19-11-13-27(14-12-19)24(28)16-26-25(29)20-7-10-22-23(15-20)32-17-31-22/h5-10,15,19H,2-4,11-14,16-17H2,1H3,(H,26,29). The van der Waals surface area contributed by atoms with Crippen LogP contribution in [-0.2, 0) is 11.2 Å². The Balaban J connectivity index is 1.17. The molecule has 0 atom stereocenters. The molecule has 1 fully saturated rings. The quantitative estimate of drug-likeness (QED) is 0.684. The number of carbonyl (C=O) groups excluding carboxylic acids is 2. The fourth-order valence-corrected chi connectivity index (χ4v) is 4.17. The van der Waals surface area contributed by atoms with E-state index in [2.05, 4.69) is 17.4 Å². The summed E-state index contributed by atoms with van der Waals surface area (Å²) in [5.74, 6) is 2.38. The molecule has 0 spiro atoms. The number of hydrogen-bond acceptors (Lipinski definition) is 5. The van der Waals surface area contributed by atoms with Crippen molar-refractivity contribution in [2.45, 2.75) is 32.6 Å². The van der Waals surface area contributed by atoms with Crippen LogP contribution in [0.3, 0.4) is 0 Å². The number of likely N-dealkylation sites (tertiary alicyclic amines) is 1. The van der Waals surface area contributed by atoms with E-state index in [4.69, 9.17) is 14.2 Å². The van der Waals surface area contributed by atoms with E-state index in [-0.39, 0.29) is 25.2 Å². The second-order valence-corrected chi connectivity index (χ2v) is 8.19. The van der Waals surface area contributed by atoms with Crippen molar-refractivity contribution >= 4 is 11.8 Å². The number of hydrogen-bond donors (Lipinski definition) is 1. The lowest BCUT2D eigenvalue weighted by atomic mass is 9.90. The molecule has 2 aromatic rings. The van der Waals surface area contributed by atoms with Gasteiger partial charge in [0, 0.05) is 18.7 Å². The van der Waals surface area contributed by atoms with Gasteiger partial charge in [-0.05, 0) is 74.4 Å². The summed E-state index contributed by atoms with van der Waals surface area (Å²) < 4.78 is 16.0. The predicted octanol–water partition coefficient (Wildman–Crippen LogP) is 3.42. The lowest BCUT2D eigenvalue weighted by molar-refractivity contribution is -0.131. The third-order valence-corrected chi connectivity index (χ3v) is 6.08. The van der Waals surface area contributed by atoms with Gasteiger partial charge in [-0.25, -0.2) is 0 Å². The molecular weight excluding hydrogens is 408 g/mol. The number of rotatable bonds is 8. The highest BCUT2D eigenvalue weighted by Crippen LogP contribution is 2.32. The van der Waals surface area contributed by atoms with Crippen LogP contribution in [-0.4, -0.2) is 49.7 Å². The number of amides is 2. The minimum absolute atomic E-state index is 0.00409. The second kappa shape index (κ2) is 10.4. The zero-order valence-electron chi connectivity index (χ0n) is 18.5. The molecule has 2 aliphatic heterocycles. The third-order valence-electron chi connectivity index (χ3n) is 6.08. The first-order valence-electron chi connectivity index (χ1n) is 11.3. The molecule has 2 aromatic carbocycles. The van der Waals surface area contributed by atoms with Gasteiger partial charge in [0.05, 0.1) is 13.2 Å². The minimum Gasteiger partial charge on any atom is -0.494 e. The van der Waals surface area contributed by atoms with Crippen LogP contribution in [0.15, 0.2) is 42.5 Å². The average molecular weight is 439 g/mol. The van der Waals surface area contributed by atoms with Crippen molar-refractivity contribution in [3.8, 4) is 17.2 Å². The van der Waals surface area contributed by atoms with Crippen LogP contribution in [0, 0.1) is 5.92 Å². The summed E-state index contributed by atoms with van der Waals surface area (Å²) in [5, 5.41) is 2.72. The van der Waals surface area contributed by atoms with E-state index in [9.17, 15) is 9.59 Å². The monoisotopic (exact) mass is 438 g/mol. The van der Waals surface area contributed by atoms with Gasteiger partial charge in [-0.15, -0.1) is 0 Å². The van der Waals surface area contributed by atoms with Crippen LogP contribution < -0.4 is 19.5 Å². The summed E-state index contributed by atoms with van der Waals surface area (Å²) in [6.45, 7) is 4.32. The Morgan fingerprint density at radius 3 is 2.56 bits per heavy atom.